The van der Waals surface area contributed by atoms with Crippen LogP contribution in [0.15, 0.2) is 18.2 Å². The monoisotopic (exact) mass is 702 g/mol. The summed E-state index contributed by atoms with van der Waals surface area (Å²) < 4.78 is 40.3. The van der Waals surface area contributed by atoms with E-state index in [-0.39, 0.29) is 38.6 Å². The van der Waals surface area contributed by atoms with Crippen molar-refractivity contribution < 1.29 is 46.7 Å². The normalized spacial score (nSPS) is 12.8. The van der Waals surface area contributed by atoms with Gasteiger partial charge in [-0.15, -0.1) is 0 Å². The first-order valence-electron chi connectivity index (χ1n) is 18.0. The van der Waals surface area contributed by atoms with Crippen molar-refractivity contribution in [3.8, 4) is 5.75 Å². The number of phosphoric acid groups is 1. The Morgan fingerprint density at radius 3 is 1.83 bits per heavy atom. The van der Waals surface area contributed by atoms with Gasteiger partial charge in [-0.25, -0.2) is 9.36 Å². The van der Waals surface area contributed by atoms with Crippen LogP contribution in [0.3, 0.4) is 0 Å². The van der Waals surface area contributed by atoms with Crippen molar-refractivity contribution in [2.24, 2.45) is 0 Å². The third-order valence-electron chi connectivity index (χ3n) is 7.62. The Bertz CT molecular complexity index is 1050. The lowest BCUT2D eigenvalue weighted by atomic mass is 10.0. The van der Waals surface area contributed by atoms with Crippen LogP contribution in [0.1, 0.15) is 122 Å². The molecule has 278 valence electrons. The molecule has 0 aliphatic heterocycles. The van der Waals surface area contributed by atoms with Crippen LogP contribution < -0.4 is 16.2 Å². The van der Waals surface area contributed by atoms with Crippen molar-refractivity contribution in [3.05, 3.63) is 18.2 Å². The number of carbonyl (C=O) groups is 2. The first-order chi connectivity index (χ1) is 22.9. The molecule has 0 aliphatic rings. The van der Waals surface area contributed by atoms with Crippen molar-refractivity contribution in [3.63, 3.8) is 0 Å². The van der Waals surface area contributed by atoms with Crippen LogP contribution in [0.25, 0.3) is 0 Å². The topological polar surface area (TPSA) is 159 Å². The molecule has 0 amide bonds. The Labute approximate surface area is 289 Å². The molecule has 0 saturated heterocycles. The molecule has 13 heteroatoms. The Balaban J connectivity index is 2.21. The summed E-state index contributed by atoms with van der Waals surface area (Å²) in [5.74, 6) is -0.386. The SMILES string of the molecule is CCCCCCCCCCCCCCCC(=O)OCCCOP(=O)(OCC[N+](C)(C)C)OOC(=O)CCCCOc1ccc(N)c(N)c1. The highest BCUT2D eigenvalue weighted by atomic mass is 31.2. The van der Waals surface area contributed by atoms with Gasteiger partial charge in [0.25, 0.3) is 0 Å². The van der Waals surface area contributed by atoms with Crippen LogP contribution >= 0.6 is 7.82 Å². The summed E-state index contributed by atoms with van der Waals surface area (Å²) >= 11 is 0. The highest BCUT2D eigenvalue weighted by Crippen LogP contribution is 2.49. The standard InChI is InChI=1S/C35H65N3O9P/c1-5-6-7-8-9-10-11-12-13-14-15-16-17-21-34(39)43-27-20-28-44-48(41,45-29-25-38(2,3)4)47-46-35(40)22-18-19-26-42-31-23-24-32(36)33(37)30-31/h23-24,30H,5-22,25-29,36-37H2,1-4H3/q+1. The molecule has 0 spiro atoms. The summed E-state index contributed by atoms with van der Waals surface area (Å²) in [5, 5.41) is 0. The molecule has 4 N–H and O–H groups in total. The molecule has 0 saturated carbocycles. The molecule has 0 fully saturated rings. The molecular weight excluding hydrogens is 637 g/mol. The smallest absolute Gasteiger partial charge is 0.494 e. The summed E-state index contributed by atoms with van der Waals surface area (Å²) in [6.07, 6.45) is 17.9. The largest absolute Gasteiger partial charge is 0.511 e. The van der Waals surface area contributed by atoms with Gasteiger partial charge in [0.05, 0.1) is 52.3 Å². The maximum absolute atomic E-state index is 13.1. The number of nitrogens with two attached hydrogens (primary N) is 2. The summed E-state index contributed by atoms with van der Waals surface area (Å²) in [6, 6.07) is 5.02. The number of anilines is 2. The maximum Gasteiger partial charge on any atom is 0.511 e. The third kappa shape index (κ3) is 24.7. The van der Waals surface area contributed by atoms with Gasteiger partial charge >= 0.3 is 19.8 Å². The zero-order valence-corrected chi connectivity index (χ0v) is 31.1. The van der Waals surface area contributed by atoms with Gasteiger partial charge in [-0.1, -0.05) is 88.6 Å². The lowest BCUT2D eigenvalue weighted by Crippen LogP contribution is -2.37. The lowest BCUT2D eigenvalue weighted by molar-refractivity contribution is -0.870. The quantitative estimate of drug-likeness (QED) is 0.0146. The van der Waals surface area contributed by atoms with Crippen LogP contribution in [-0.2, 0) is 37.5 Å². The molecule has 0 radical (unpaired) electrons. The van der Waals surface area contributed by atoms with Crippen molar-refractivity contribution in [1.82, 2.24) is 0 Å². The predicted molar refractivity (Wildman–Crippen MR) is 190 cm³/mol. The number of hydrogen-bond donors (Lipinski definition) is 2. The van der Waals surface area contributed by atoms with E-state index in [4.69, 9.17) is 39.6 Å². The van der Waals surface area contributed by atoms with Crippen molar-refractivity contribution in [2.45, 2.75) is 122 Å². The molecule has 0 heterocycles. The average molecular weight is 703 g/mol. The minimum Gasteiger partial charge on any atom is -0.494 e. The number of likely N-dealkylation sites (N-methyl/N-ethyl adjacent to an activating group) is 1. The Morgan fingerprint density at radius 1 is 0.667 bits per heavy atom. The van der Waals surface area contributed by atoms with E-state index in [0.29, 0.717) is 54.0 Å². The predicted octanol–water partition coefficient (Wildman–Crippen LogP) is 8.14. The molecule has 12 nitrogen and oxygen atoms in total. The maximum atomic E-state index is 13.1. The molecule has 0 bridgehead atoms. The summed E-state index contributed by atoms with van der Waals surface area (Å²) in [5.41, 5.74) is 12.4. The van der Waals surface area contributed by atoms with Crippen LogP contribution in [0.4, 0.5) is 11.4 Å². The molecule has 1 rings (SSSR count). The molecule has 0 aliphatic carbocycles. The zero-order chi connectivity index (χ0) is 35.5. The van der Waals surface area contributed by atoms with Crippen LogP contribution in [0.5, 0.6) is 5.75 Å². The Hall–Kier alpha value is -2.37. The Kier molecular flexibility index (Phi) is 24.1. The molecule has 1 aromatic carbocycles. The van der Waals surface area contributed by atoms with Crippen LogP contribution in [-0.4, -0.2) is 70.5 Å². The number of ether oxygens (including phenoxy) is 2. The summed E-state index contributed by atoms with van der Waals surface area (Å²) in [6.45, 7) is 3.22. The second-order valence-corrected chi connectivity index (χ2v) is 14.9. The second-order valence-electron chi connectivity index (χ2n) is 13.3. The number of carbonyl (C=O) groups excluding carboxylic acids is 2. The summed E-state index contributed by atoms with van der Waals surface area (Å²) in [7, 11) is 1.66. The number of benzene rings is 1. The van der Waals surface area contributed by atoms with Gasteiger partial charge in [-0.2, -0.15) is 0 Å². The average Bonchev–Trinajstić information content (AvgIpc) is 3.03. The van der Waals surface area contributed by atoms with Crippen molar-refractivity contribution >= 4 is 31.1 Å². The number of rotatable bonds is 31. The van der Waals surface area contributed by atoms with Gasteiger partial charge in [-0.3, -0.25) is 18.7 Å². The number of unbranched alkanes of at least 4 members (excludes halogenated alkanes) is 13. The van der Waals surface area contributed by atoms with E-state index < -0.39 is 13.8 Å². The fraction of sp³-hybridized carbons (Fsp3) is 0.771. The highest BCUT2D eigenvalue weighted by molar-refractivity contribution is 7.48. The van der Waals surface area contributed by atoms with E-state index in [0.717, 1.165) is 19.3 Å². The van der Waals surface area contributed by atoms with Crippen molar-refractivity contribution in [2.75, 3.05) is 65.6 Å². The number of quaternary nitrogens is 1. The molecule has 48 heavy (non-hydrogen) atoms. The number of nitrogen functional groups attached to an aromatic ring is 2. The molecule has 1 atom stereocenters. The van der Waals surface area contributed by atoms with E-state index in [1.54, 1.807) is 18.2 Å². The number of phosphoric ester groups is 1. The van der Waals surface area contributed by atoms with Gasteiger partial charge in [0.2, 0.25) is 0 Å². The van der Waals surface area contributed by atoms with Crippen LogP contribution in [0, 0.1) is 0 Å². The molecule has 1 unspecified atom stereocenters. The highest BCUT2D eigenvalue weighted by Gasteiger charge is 2.31. The van der Waals surface area contributed by atoms with Crippen LogP contribution in [0.2, 0.25) is 0 Å². The van der Waals surface area contributed by atoms with Gasteiger partial charge in [-0.05, 0) is 31.4 Å². The second kappa shape index (κ2) is 26.5. The van der Waals surface area contributed by atoms with Crippen molar-refractivity contribution in [1.29, 1.82) is 0 Å². The van der Waals surface area contributed by atoms with E-state index >= 15 is 0 Å². The fourth-order valence-corrected chi connectivity index (χ4v) is 5.61. The van der Waals surface area contributed by atoms with E-state index in [1.165, 1.54) is 64.2 Å². The minimum absolute atomic E-state index is 0.0152. The van der Waals surface area contributed by atoms with Gasteiger partial charge in [0, 0.05) is 25.3 Å². The van der Waals surface area contributed by atoms with Gasteiger partial charge in [0.1, 0.15) is 18.9 Å². The third-order valence-corrected chi connectivity index (χ3v) is 8.88. The zero-order valence-electron chi connectivity index (χ0n) is 30.2. The van der Waals surface area contributed by atoms with Gasteiger partial charge in [0.15, 0.2) is 0 Å². The minimum atomic E-state index is -4.20. The van der Waals surface area contributed by atoms with E-state index in [9.17, 15) is 14.2 Å². The molecular formula is C35H65N3O9P+. The summed E-state index contributed by atoms with van der Waals surface area (Å²) in [4.78, 5) is 29.1. The lowest BCUT2D eigenvalue weighted by Gasteiger charge is -2.24. The number of hydrogen-bond acceptors (Lipinski definition) is 11. The number of esters is 1. The first-order valence-corrected chi connectivity index (χ1v) is 19.4. The molecule has 0 aromatic heterocycles. The fourth-order valence-electron chi connectivity index (χ4n) is 4.62. The Morgan fingerprint density at radius 2 is 1.23 bits per heavy atom. The number of nitrogens with zero attached hydrogens (tertiary/aromatic N) is 1. The first kappa shape index (κ1) is 43.7. The van der Waals surface area contributed by atoms with Gasteiger partial charge < -0.3 is 25.4 Å². The van der Waals surface area contributed by atoms with E-state index in [2.05, 4.69) is 6.92 Å². The molecule has 1 aromatic rings. The van der Waals surface area contributed by atoms with E-state index in [1.807, 2.05) is 21.1 Å².